The molecule has 0 aliphatic carbocycles. The third-order valence-corrected chi connectivity index (χ3v) is 1.48. The minimum Gasteiger partial charge on any atom is -0.417 e. The summed E-state index contributed by atoms with van der Waals surface area (Å²) in [4.78, 5) is 6.58. The molecule has 1 heterocycles. The molecule has 0 fully saturated rings. The highest BCUT2D eigenvalue weighted by atomic mass is 19.4. The van der Waals surface area contributed by atoms with Crippen LogP contribution in [0.3, 0.4) is 0 Å². The van der Waals surface area contributed by atoms with Crippen LogP contribution < -0.4 is 4.74 Å². The van der Waals surface area contributed by atoms with Crippen molar-refractivity contribution < 1.29 is 26.7 Å². The van der Waals surface area contributed by atoms with Crippen molar-refractivity contribution in [3.05, 3.63) is 23.9 Å². The van der Waals surface area contributed by atoms with E-state index in [0.717, 1.165) is 18.5 Å². The first-order valence-electron chi connectivity index (χ1n) is 4.34. The zero-order chi connectivity index (χ0) is 12.9. The summed E-state index contributed by atoms with van der Waals surface area (Å²) in [6, 6.07) is 2.38. The van der Waals surface area contributed by atoms with Crippen molar-refractivity contribution in [3.63, 3.8) is 0 Å². The maximum absolute atomic E-state index is 11.7. The van der Waals surface area contributed by atoms with E-state index in [-0.39, 0.29) is 11.4 Å². The zero-order valence-corrected chi connectivity index (χ0v) is 8.29. The molecule has 0 saturated carbocycles. The standard InChI is InChI=1S/C9H7F5N2O/c10-8(11)17-7-2-1-6(4-16-7)3-15-5-9(12,13)14/h1-4,8H,5H2. The first-order valence-corrected chi connectivity index (χ1v) is 4.34. The van der Waals surface area contributed by atoms with Crippen LogP contribution in [-0.4, -0.2) is 30.5 Å². The van der Waals surface area contributed by atoms with Crippen molar-refractivity contribution in [3.8, 4) is 5.88 Å². The van der Waals surface area contributed by atoms with Gasteiger partial charge >= 0.3 is 12.8 Å². The normalized spacial score (nSPS) is 12.4. The molecular weight excluding hydrogens is 247 g/mol. The molecule has 0 spiro atoms. The van der Waals surface area contributed by atoms with E-state index in [9.17, 15) is 22.0 Å². The average molecular weight is 254 g/mol. The van der Waals surface area contributed by atoms with Gasteiger partial charge in [-0.2, -0.15) is 22.0 Å². The van der Waals surface area contributed by atoms with Crippen LogP contribution in [-0.2, 0) is 0 Å². The number of halogens is 5. The minimum atomic E-state index is -4.37. The fourth-order valence-corrected chi connectivity index (χ4v) is 0.884. The van der Waals surface area contributed by atoms with Crippen LogP contribution >= 0.6 is 0 Å². The Kier molecular flexibility index (Phi) is 4.36. The second-order valence-electron chi connectivity index (χ2n) is 2.89. The van der Waals surface area contributed by atoms with Crippen LogP contribution in [0.2, 0.25) is 0 Å². The first kappa shape index (κ1) is 13.3. The monoisotopic (exact) mass is 254 g/mol. The maximum atomic E-state index is 11.7. The van der Waals surface area contributed by atoms with Gasteiger partial charge in [0.25, 0.3) is 0 Å². The number of aliphatic imine (C=N–C) groups is 1. The Morgan fingerprint density at radius 3 is 2.53 bits per heavy atom. The molecule has 0 radical (unpaired) electrons. The van der Waals surface area contributed by atoms with Crippen LogP contribution in [0.25, 0.3) is 0 Å². The maximum Gasteiger partial charge on any atom is 0.407 e. The molecule has 1 aromatic rings. The average Bonchev–Trinajstić information content (AvgIpc) is 2.18. The Balaban J connectivity index is 2.56. The lowest BCUT2D eigenvalue weighted by Crippen LogP contribution is -2.11. The van der Waals surface area contributed by atoms with Gasteiger partial charge in [-0.3, -0.25) is 4.99 Å². The Morgan fingerprint density at radius 2 is 2.06 bits per heavy atom. The summed E-state index contributed by atoms with van der Waals surface area (Å²) >= 11 is 0. The van der Waals surface area contributed by atoms with E-state index in [1.54, 1.807) is 0 Å². The van der Waals surface area contributed by atoms with E-state index in [4.69, 9.17) is 0 Å². The second-order valence-corrected chi connectivity index (χ2v) is 2.89. The van der Waals surface area contributed by atoms with Crippen molar-refractivity contribution in [2.45, 2.75) is 12.8 Å². The Bertz CT molecular complexity index is 374. The van der Waals surface area contributed by atoms with E-state index in [1.807, 2.05) is 0 Å². The number of hydrogen-bond donors (Lipinski definition) is 0. The number of rotatable bonds is 4. The van der Waals surface area contributed by atoms with Gasteiger partial charge in [-0.1, -0.05) is 0 Å². The highest BCUT2D eigenvalue weighted by molar-refractivity contribution is 5.79. The summed E-state index contributed by atoms with van der Waals surface area (Å²) in [5.41, 5.74) is 0.260. The lowest BCUT2D eigenvalue weighted by molar-refractivity contribution is -0.118. The molecule has 0 N–H and O–H groups in total. The molecule has 0 unspecified atom stereocenters. The highest BCUT2D eigenvalue weighted by Gasteiger charge is 2.25. The van der Waals surface area contributed by atoms with Crippen molar-refractivity contribution in [1.29, 1.82) is 0 Å². The summed E-state index contributed by atoms with van der Waals surface area (Å²) < 4.78 is 62.6. The fourth-order valence-electron chi connectivity index (χ4n) is 0.884. The predicted octanol–water partition coefficient (Wildman–Crippen LogP) is 2.66. The van der Waals surface area contributed by atoms with Crippen molar-refractivity contribution in [2.24, 2.45) is 4.99 Å². The number of alkyl halides is 5. The smallest absolute Gasteiger partial charge is 0.407 e. The van der Waals surface area contributed by atoms with Crippen molar-refractivity contribution >= 4 is 6.21 Å². The molecule has 0 aromatic carbocycles. The third-order valence-electron chi connectivity index (χ3n) is 1.48. The molecule has 3 nitrogen and oxygen atoms in total. The Labute approximate surface area is 92.9 Å². The van der Waals surface area contributed by atoms with E-state index >= 15 is 0 Å². The molecule has 0 aliphatic rings. The number of ether oxygens (including phenoxy) is 1. The lowest BCUT2D eigenvalue weighted by Gasteiger charge is -2.02. The van der Waals surface area contributed by atoms with Crippen molar-refractivity contribution in [2.75, 3.05) is 6.54 Å². The topological polar surface area (TPSA) is 34.5 Å². The molecule has 0 aliphatic heterocycles. The highest BCUT2D eigenvalue weighted by Crippen LogP contribution is 2.14. The van der Waals surface area contributed by atoms with Gasteiger partial charge in [0.15, 0.2) is 0 Å². The predicted molar refractivity (Wildman–Crippen MR) is 49.4 cm³/mol. The largest absolute Gasteiger partial charge is 0.417 e. The molecule has 1 aromatic heterocycles. The van der Waals surface area contributed by atoms with Crippen LogP contribution in [0, 0.1) is 0 Å². The van der Waals surface area contributed by atoms with Gasteiger partial charge < -0.3 is 4.74 Å². The summed E-state index contributed by atoms with van der Waals surface area (Å²) in [5.74, 6) is -0.312. The van der Waals surface area contributed by atoms with Gasteiger partial charge in [-0.05, 0) is 6.07 Å². The molecule has 0 bridgehead atoms. The quantitative estimate of drug-likeness (QED) is 0.611. The SMILES string of the molecule is FC(F)Oc1ccc(C=NCC(F)(F)F)cn1. The van der Waals surface area contributed by atoms with E-state index < -0.39 is 19.3 Å². The van der Waals surface area contributed by atoms with Gasteiger partial charge in [-0.25, -0.2) is 4.98 Å². The molecule has 1 rings (SSSR count). The van der Waals surface area contributed by atoms with Crippen LogP contribution in [0.15, 0.2) is 23.3 Å². The van der Waals surface area contributed by atoms with Gasteiger partial charge in [0, 0.05) is 24.0 Å². The number of pyridine rings is 1. The van der Waals surface area contributed by atoms with E-state index in [1.165, 1.54) is 6.07 Å². The molecule has 0 saturated heterocycles. The molecular formula is C9H7F5N2O. The van der Waals surface area contributed by atoms with Crippen molar-refractivity contribution in [1.82, 2.24) is 4.98 Å². The lowest BCUT2D eigenvalue weighted by atomic mass is 10.3. The summed E-state index contributed by atoms with van der Waals surface area (Å²) in [7, 11) is 0. The first-order chi connectivity index (χ1) is 7.87. The number of nitrogens with zero attached hydrogens (tertiary/aromatic N) is 2. The molecule has 94 valence electrons. The van der Waals surface area contributed by atoms with E-state index in [0.29, 0.717) is 0 Å². The Hall–Kier alpha value is -1.73. The van der Waals surface area contributed by atoms with E-state index in [2.05, 4.69) is 14.7 Å². The van der Waals surface area contributed by atoms with Gasteiger partial charge in [0.2, 0.25) is 5.88 Å². The van der Waals surface area contributed by atoms with Crippen LogP contribution in [0.5, 0.6) is 5.88 Å². The molecule has 0 atom stereocenters. The van der Waals surface area contributed by atoms with Crippen LogP contribution in [0.4, 0.5) is 22.0 Å². The second kappa shape index (κ2) is 5.55. The van der Waals surface area contributed by atoms with Gasteiger partial charge in [0.05, 0.1) is 0 Å². The molecule has 17 heavy (non-hydrogen) atoms. The van der Waals surface area contributed by atoms with Crippen LogP contribution in [0.1, 0.15) is 5.56 Å². The third kappa shape index (κ3) is 5.79. The number of aromatic nitrogens is 1. The minimum absolute atomic E-state index is 0.260. The summed E-state index contributed by atoms with van der Waals surface area (Å²) in [6.45, 7) is -4.30. The molecule has 0 amide bonds. The number of hydrogen-bond acceptors (Lipinski definition) is 3. The summed E-state index contributed by atoms with van der Waals surface area (Å²) in [6.07, 6.45) is -2.34. The molecule has 8 heteroatoms. The Morgan fingerprint density at radius 1 is 1.35 bits per heavy atom. The summed E-state index contributed by atoms with van der Waals surface area (Å²) in [5, 5.41) is 0. The fraction of sp³-hybridized carbons (Fsp3) is 0.333. The van der Waals surface area contributed by atoms with Gasteiger partial charge in [-0.15, -0.1) is 0 Å². The van der Waals surface area contributed by atoms with Gasteiger partial charge in [0.1, 0.15) is 6.54 Å². The zero-order valence-electron chi connectivity index (χ0n) is 8.29.